The van der Waals surface area contributed by atoms with Crippen LogP contribution in [-0.4, -0.2) is 28.1 Å². The first kappa shape index (κ1) is 8.13. The fraction of sp³-hybridized carbons (Fsp3) is 1.00. The molecule has 0 aromatic rings. The summed E-state index contributed by atoms with van der Waals surface area (Å²) in [5.41, 5.74) is 0. The third-order valence-corrected chi connectivity index (χ3v) is 1.81. The highest BCUT2D eigenvalue weighted by Crippen LogP contribution is 2.10. The molecular formula is C5H9O4S-. The van der Waals surface area contributed by atoms with E-state index in [-0.39, 0.29) is 6.10 Å². The Balaban J connectivity index is 2.19. The Hall–Kier alpha value is 0.0300. The molecule has 0 saturated carbocycles. The van der Waals surface area contributed by atoms with Crippen LogP contribution in [0.15, 0.2) is 0 Å². The van der Waals surface area contributed by atoms with E-state index >= 15 is 0 Å². The average Bonchev–Trinajstić information content (AvgIpc) is 1.88. The van der Waals surface area contributed by atoms with Gasteiger partial charge in [-0.2, -0.15) is 0 Å². The molecule has 0 amide bonds. The maximum atomic E-state index is 10.0. The van der Waals surface area contributed by atoms with Gasteiger partial charge in [0.25, 0.3) is 0 Å². The number of hydrogen-bond acceptors (Lipinski definition) is 4. The summed E-state index contributed by atoms with van der Waals surface area (Å²) in [5.74, 6) is 0. The lowest BCUT2D eigenvalue weighted by molar-refractivity contribution is 0.0273. The Bertz CT molecular complexity index is 121. The first-order valence-electron chi connectivity index (χ1n) is 3.13. The van der Waals surface area contributed by atoms with E-state index in [2.05, 4.69) is 4.18 Å². The summed E-state index contributed by atoms with van der Waals surface area (Å²) in [6.45, 7) is 1.20. The van der Waals surface area contributed by atoms with Gasteiger partial charge in [-0.1, -0.05) is 0 Å². The van der Waals surface area contributed by atoms with Crippen molar-refractivity contribution in [1.82, 2.24) is 0 Å². The van der Waals surface area contributed by atoms with Gasteiger partial charge in [0.05, 0.1) is 17.5 Å². The Morgan fingerprint density at radius 3 is 2.60 bits per heavy atom. The number of ether oxygens (including phenoxy) is 1. The molecule has 0 N–H and O–H groups in total. The van der Waals surface area contributed by atoms with Gasteiger partial charge in [0.15, 0.2) is 0 Å². The van der Waals surface area contributed by atoms with Crippen LogP contribution < -0.4 is 0 Å². The van der Waals surface area contributed by atoms with Crippen LogP contribution in [0.1, 0.15) is 12.8 Å². The first-order valence-corrected chi connectivity index (χ1v) is 4.13. The molecule has 0 aromatic carbocycles. The molecule has 0 bridgehead atoms. The van der Waals surface area contributed by atoms with Crippen molar-refractivity contribution < 1.29 is 17.7 Å². The molecule has 1 aliphatic heterocycles. The second-order valence-electron chi connectivity index (χ2n) is 2.11. The Kier molecular flexibility index (Phi) is 3.27. The summed E-state index contributed by atoms with van der Waals surface area (Å²) in [4.78, 5) is 0. The van der Waals surface area contributed by atoms with E-state index in [1.807, 2.05) is 0 Å². The molecule has 0 aromatic heterocycles. The first-order chi connectivity index (χ1) is 4.79. The molecule has 1 aliphatic rings. The molecule has 0 aliphatic carbocycles. The van der Waals surface area contributed by atoms with Crippen LogP contribution in [0.3, 0.4) is 0 Å². The standard InChI is InChI=1S/C5H10O4S/c6-10(7)9-5-1-3-8-4-2-5/h5H,1-4H2,(H,6,7)/p-1. The lowest BCUT2D eigenvalue weighted by atomic mass is 10.2. The van der Waals surface area contributed by atoms with E-state index in [4.69, 9.17) is 4.74 Å². The number of hydrogen-bond donors (Lipinski definition) is 0. The third-order valence-electron chi connectivity index (χ3n) is 1.38. The molecule has 1 saturated heterocycles. The Morgan fingerprint density at radius 2 is 2.10 bits per heavy atom. The molecule has 1 fully saturated rings. The summed E-state index contributed by atoms with van der Waals surface area (Å²) in [6.07, 6.45) is 1.19. The fourth-order valence-corrected chi connectivity index (χ4v) is 1.30. The van der Waals surface area contributed by atoms with Crippen LogP contribution in [0.25, 0.3) is 0 Å². The monoisotopic (exact) mass is 165 g/mol. The van der Waals surface area contributed by atoms with Gasteiger partial charge in [-0.25, -0.2) is 4.21 Å². The normalized spacial score (nSPS) is 24.5. The zero-order chi connectivity index (χ0) is 7.40. The van der Waals surface area contributed by atoms with Crippen LogP contribution in [0, 0.1) is 0 Å². The summed E-state index contributed by atoms with van der Waals surface area (Å²) in [5, 5.41) is 0. The Labute approximate surface area is 62.0 Å². The largest absolute Gasteiger partial charge is 0.750 e. The predicted octanol–water partition coefficient (Wildman–Crippen LogP) is -0.0239. The molecule has 1 rings (SSSR count). The van der Waals surface area contributed by atoms with Crippen molar-refractivity contribution in [3.8, 4) is 0 Å². The van der Waals surface area contributed by atoms with Gasteiger partial charge in [0, 0.05) is 13.2 Å². The molecule has 1 heterocycles. The minimum Gasteiger partial charge on any atom is -0.750 e. The summed E-state index contributed by atoms with van der Waals surface area (Å²) >= 11 is -2.37. The van der Waals surface area contributed by atoms with Gasteiger partial charge in [-0.15, -0.1) is 0 Å². The smallest absolute Gasteiger partial charge is 0.0844 e. The van der Waals surface area contributed by atoms with Gasteiger partial charge < -0.3 is 9.29 Å². The topological polar surface area (TPSA) is 58.6 Å². The van der Waals surface area contributed by atoms with Crippen LogP contribution >= 0.6 is 0 Å². The van der Waals surface area contributed by atoms with Crippen molar-refractivity contribution in [3.63, 3.8) is 0 Å². The highest BCUT2D eigenvalue weighted by atomic mass is 32.2. The molecule has 0 spiro atoms. The van der Waals surface area contributed by atoms with E-state index < -0.39 is 11.4 Å². The highest BCUT2D eigenvalue weighted by molar-refractivity contribution is 7.74. The van der Waals surface area contributed by atoms with Crippen molar-refractivity contribution in [2.24, 2.45) is 0 Å². The summed E-state index contributed by atoms with van der Waals surface area (Å²) in [7, 11) is 0. The van der Waals surface area contributed by atoms with Crippen molar-refractivity contribution >= 4 is 11.4 Å². The SMILES string of the molecule is O=S([O-])OC1CCOCC1. The fourth-order valence-electron chi connectivity index (χ4n) is 0.883. The van der Waals surface area contributed by atoms with Gasteiger partial charge >= 0.3 is 0 Å². The summed E-state index contributed by atoms with van der Waals surface area (Å²) < 4.78 is 29.5. The van der Waals surface area contributed by atoms with Crippen molar-refractivity contribution in [2.45, 2.75) is 18.9 Å². The minimum atomic E-state index is -2.37. The summed E-state index contributed by atoms with van der Waals surface area (Å²) in [6, 6.07) is 0. The lowest BCUT2D eigenvalue weighted by Gasteiger charge is -2.22. The zero-order valence-electron chi connectivity index (χ0n) is 5.45. The number of rotatable bonds is 2. The van der Waals surface area contributed by atoms with Gasteiger partial charge in [-0.05, 0) is 12.8 Å². The van der Waals surface area contributed by atoms with Crippen LogP contribution in [-0.2, 0) is 20.3 Å². The van der Waals surface area contributed by atoms with E-state index in [1.165, 1.54) is 0 Å². The second kappa shape index (κ2) is 4.02. The van der Waals surface area contributed by atoms with E-state index in [1.54, 1.807) is 0 Å². The van der Waals surface area contributed by atoms with Crippen LogP contribution in [0.5, 0.6) is 0 Å². The third kappa shape index (κ3) is 2.74. The molecular weight excluding hydrogens is 156 g/mol. The molecule has 10 heavy (non-hydrogen) atoms. The maximum Gasteiger partial charge on any atom is 0.0844 e. The highest BCUT2D eigenvalue weighted by Gasteiger charge is 2.13. The van der Waals surface area contributed by atoms with Gasteiger partial charge in [-0.3, -0.25) is 4.18 Å². The van der Waals surface area contributed by atoms with E-state index in [0.29, 0.717) is 26.1 Å². The van der Waals surface area contributed by atoms with Gasteiger partial charge in [0.2, 0.25) is 0 Å². The minimum absolute atomic E-state index is 0.160. The molecule has 0 radical (unpaired) electrons. The second-order valence-corrected chi connectivity index (χ2v) is 2.71. The molecule has 5 heteroatoms. The van der Waals surface area contributed by atoms with E-state index in [0.717, 1.165) is 0 Å². The van der Waals surface area contributed by atoms with Gasteiger partial charge in [0.1, 0.15) is 0 Å². The molecule has 60 valence electrons. The predicted molar refractivity (Wildman–Crippen MR) is 33.8 cm³/mol. The quantitative estimate of drug-likeness (QED) is 0.539. The van der Waals surface area contributed by atoms with Crippen molar-refractivity contribution in [1.29, 1.82) is 0 Å². The van der Waals surface area contributed by atoms with Crippen molar-refractivity contribution in [3.05, 3.63) is 0 Å². The molecule has 1 atom stereocenters. The Morgan fingerprint density at radius 1 is 1.50 bits per heavy atom. The lowest BCUT2D eigenvalue weighted by Crippen LogP contribution is -2.23. The van der Waals surface area contributed by atoms with Crippen LogP contribution in [0.4, 0.5) is 0 Å². The molecule has 1 unspecified atom stereocenters. The van der Waals surface area contributed by atoms with Crippen molar-refractivity contribution in [2.75, 3.05) is 13.2 Å². The zero-order valence-corrected chi connectivity index (χ0v) is 6.26. The van der Waals surface area contributed by atoms with Crippen LogP contribution in [0.2, 0.25) is 0 Å². The molecule has 4 nitrogen and oxygen atoms in total. The average molecular weight is 165 g/mol. The maximum absolute atomic E-state index is 10.0. The van der Waals surface area contributed by atoms with E-state index in [9.17, 15) is 8.76 Å².